The molecule has 0 spiro atoms. The summed E-state index contributed by atoms with van der Waals surface area (Å²) in [6, 6.07) is 0. The Morgan fingerprint density at radius 2 is 2.25 bits per heavy atom. The van der Waals surface area contributed by atoms with E-state index in [0.29, 0.717) is 11.2 Å². The van der Waals surface area contributed by atoms with Crippen molar-refractivity contribution in [3.05, 3.63) is 35.0 Å². The lowest BCUT2D eigenvalue weighted by Crippen LogP contribution is -2.23. The lowest BCUT2D eigenvalue weighted by Gasteiger charge is -2.15. The van der Waals surface area contributed by atoms with Gasteiger partial charge in [-0.25, -0.2) is 9.97 Å². The van der Waals surface area contributed by atoms with Crippen molar-refractivity contribution < 1.29 is 0 Å². The molecule has 84 valence electrons. The summed E-state index contributed by atoms with van der Waals surface area (Å²) in [5.41, 5.74) is 2.65. The van der Waals surface area contributed by atoms with E-state index in [1.807, 2.05) is 0 Å². The van der Waals surface area contributed by atoms with Gasteiger partial charge in [0.2, 0.25) is 5.28 Å². The number of hydrogen-bond donors (Lipinski definition) is 1. The van der Waals surface area contributed by atoms with Crippen molar-refractivity contribution in [2.45, 2.75) is 6.54 Å². The third-order valence-electron chi connectivity index (χ3n) is 3.14. The van der Waals surface area contributed by atoms with E-state index in [1.54, 1.807) is 12.4 Å². The fraction of sp³-hybridized carbons (Fsp3) is 0.455. The van der Waals surface area contributed by atoms with E-state index in [-0.39, 0.29) is 0 Å². The lowest BCUT2D eigenvalue weighted by atomic mass is 10.1. The zero-order chi connectivity index (χ0) is 11.0. The minimum atomic E-state index is 0.314. The second kappa shape index (κ2) is 4.03. The van der Waals surface area contributed by atoms with Crippen molar-refractivity contribution in [1.29, 1.82) is 0 Å². The van der Waals surface area contributed by atoms with E-state index >= 15 is 0 Å². The molecule has 0 amide bonds. The summed E-state index contributed by atoms with van der Waals surface area (Å²) >= 11 is 5.65. The first-order valence-electron chi connectivity index (χ1n) is 5.42. The Labute approximate surface area is 99.3 Å². The van der Waals surface area contributed by atoms with Gasteiger partial charge in [0.05, 0.1) is 0 Å². The van der Waals surface area contributed by atoms with Crippen LogP contribution < -0.4 is 5.32 Å². The quantitative estimate of drug-likeness (QED) is 0.780. The van der Waals surface area contributed by atoms with E-state index < -0.39 is 0 Å². The number of aromatic nitrogens is 2. The van der Waals surface area contributed by atoms with Gasteiger partial charge in [0.1, 0.15) is 0 Å². The fourth-order valence-corrected chi connectivity index (χ4v) is 2.47. The molecule has 3 heterocycles. The second-order valence-corrected chi connectivity index (χ2v) is 4.69. The van der Waals surface area contributed by atoms with Gasteiger partial charge in [-0.05, 0) is 23.4 Å². The average molecular weight is 237 g/mol. The van der Waals surface area contributed by atoms with Crippen LogP contribution in [0.3, 0.4) is 0 Å². The minimum absolute atomic E-state index is 0.314. The Kier molecular flexibility index (Phi) is 2.53. The van der Waals surface area contributed by atoms with Crippen molar-refractivity contribution in [2.75, 3.05) is 19.6 Å². The predicted octanol–water partition coefficient (Wildman–Crippen LogP) is 1.05. The molecular weight excluding hydrogens is 224 g/mol. The normalized spacial score (nSPS) is 24.1. The van der Waals surface area contributed by atoms with E-state index in [0.717, 1.165) is 31.7 Å². The summed E-state index contributed by atoms with van der Waals surface area (Å²) in [6.45, 7) is 4.18. The van der Waals surface area contributed by atoms with Gasteiger partial charge in [0, 0.05) is 50.1 Å². The van der Waals surface area contributed by atoms with Crippen LogP contribution >= 0.6 is 11.6 Å². The number of nitrogens with one attached hydrogen (secondary N) is 1. The van der Waals surface area contributed by atoms with Gasteiger partial charge in [0.15, 0.2) is 0 Å². The maximum Gasteiger partial charge on any atom is 0.222 e. The number of likely N-dealkylation sites (tertiary alicyclic amines) is 1. The third-order valence-corrected chi connectivity index (χ3v) is 3.34. The molecule has 2 aliphatic heterocycles. The molecule has 0 saturated carbocycles. The first-order chi connectivity index (χ1) is 7.81. The van der Waals surface area contributed by atoms with Crippen LogP contribution in [0.4, 0.5) is 0 Å². The van der Waals surface area contributed by atoms with Crippen LogP contribution in [0.15, 0.2) is 24.2 Å². The number of nitrogens with zero attached hydrogens (tertiary/aromatic N) is 3. The first kappa shape index (κ1) is 10.1. The summed E-state index contributed by atoms with van der Waals surface area (Å²) in [7, 11) is 0. The van der Waals surface area contributed by atoms with E-state index in [9.17, 15) is 0 Å². The minimum Gasteiger partial charge on any atom is -0.390 e. The standard InChI is InChI=1S/C11H13ClN4/c12-11-14-1-8(2-15-11)5-16-6-9-3-13-4-10(9)7-16/h1-3,10,13H,4-7H2. The maximum atomic E-state index is 5.65. The molecule has 4 nitrogen and oxygen atoms in total. The predicted molar refractivity (Wildman–Crippen MR) is 61.9 cm³/mol. The van der Waals surface area contributed by atoms with Gasteiger partial charge in [0.25, 0.3) is 0 Å². The highest BCUT2D eigenvalue weighted by molar-refractivity contribution is 6.28. The monoisotopic (exact) mass is 236 g/mol. The van der Waals surface area contributed by atoms with Crippen molar-refractivity contribution in [2.24, 2.45) is 5.92 Å². The van der Waals surface area contributed by atoms with Crippen molar-refractivity contribution in [1.82, 2.24) is 20.2 Å². The summed E-state index contributed by atoms with van der Waals surface area (Å²) in [4.78, 5) is 10.4. The number of halogens is 1. The van der Waals surface area contributed by atoms with Gasteiger partial charge in [-0.2, -0.15) is 0 Å². The topological polar surface area (TPSA) is 41.1 Å². The third kappa shape index (κ3) is 1.90. The van der Waals surface area contributed by atoms with Gasteiger partial charge >= 0.3 is 0 Å². The highest BCUT2D eigenvalue weighted by atomic mass is 35.5. The highest BCUT2D eigenvalue weighted by Crippen LogP contribution is 2.25. The molecular formula is C11H13ClN4. The van der Waals surface area contributed by atoms with Crippen molar-refractivity contribution in [3.63, 3.8) is 0 Å². The van der Waals surface area contributed by atoms with Gasteiger partial charge in [-0.3, -0.25) is 4.90 Å². The molecule has 0 radical (unpaired) electrons. The van der Waals surface area contributed by atoms with Crippen molar-refractivity contribution in [3.8, 4) is 0 Å². The molecule has 0 aliphatic carbocycles. The Hall–Kier alpha value is -1.13. The molecule has 1 saturated heterocycles. The zero-order valence-electron chi connectivity index (χ0n) is 8.86. The van der Waals surface area contributed by atoms with E-state index in [1.165, 1.54) is 5.57 Å². The van der Waals surface area contributed by atoms with Crippen LogP contribution in [0.1, 0.15) is 5.56 Å². The molecule has 0 aromatic carbocycles. The zero-order valence-corrected chi connectivity index (χ0v) is 9.61. The lowest BCUT2D eigenvalue weighted by molar-refractivity contribution is 0.315. The van der Waals surface area contributed by atoms with Crippen molar-refractivity contribution >= 4 is 11.6 Å². The molecule has 2 aliphatic rings. The largest absolute Gasteiger partial charge is 0.390 e. The molecule has 0 bridgehead atoms. The second-order valence-electron chi connectivity index (χ2n) is 4.35. The molecule has 1 aromatic rings. The SMILES string of the molecule is Clc1ncc(CN2CC3=CNCC3C2)cn1. The Balaban J connectivity index is 1.66. The van der Waals surface area contributed by atoms with E-state index in [4.69, 9.17) is 11.6 Å². The van der Waals surface area contributed by atoms with Crippen LogP contribution in [0.25, 0.3) is 0 Å². The molecule has 3 rings (SSSR count). The summed E-state index contributed by atoms with van der Waals surface area (Å²) in [6.07, 6.45) is 5.76. The molecule has 1 unspecified atom stereocenters. The van der Waals surface area contributed by atoms with Crippen LogP contribution in [0, 0.1) is 5.92 Å². The average Bonchev–Trinajstić information content (AvgIpc) is 2.81. The smallest absolute Gasteiger partial charge is 0.222 e. The van der Waals surface area contributed by atoms with Crippen LogP contribution in [0.5, 0.6) is 0 Å². The maximum absolute atomic E-state index is 5.65. The summed E-state index contributed by atoms with van der Waals surface area (Å²) in [5, 5.41) is 3.60. The van der Waals surface area contributed by atoms with Gasteiger partial charge < -0.3 is 5.32 Å². The van der Waals surface area contributed by atoms with Gasteiger partial charge in [-0.15, -0.1) is 0 Å². The molecule has 1 atom stereocenters. The van der Waals surface area contributed by atoms with Crippen LogP contribution in [-0.4, -0.2) is 34.5 Å². The Morgan fingerprint density at radius 3 is 3.00 bits per heavy atom. The molecule has 1 fully saturated rings. The van der Waals surface area contributed by atoms with E-state index in [2.05, 4.69) is 26.4 Å². The Bertz CT molecular complexity index is 414. The Morgan fingerprint density at radius 1 is 1.44 bits per heavy atom. The number of fused-ring (bicyclic) bond motifs is 1. The number of hydrogen-bond acceptors (Lipinski definition) is 4. The fourth-order valence-electron chi connectivity index (χ4n) is 2.37. The first-order valence-corrected chi connectivity index (χ1v) is 5.80. The molecule has 16 heavy (non-hydrogen) atoms. The molecule has 5 heteroatoms. The van der Waals surface area contributed by atoms with Crippen LogP contribution in [-0.2, 0) is 6.54 Å². The molecule has 1 aromatic heterocycles. The summed E-state index contributed by atoms with van der Waals surface area (Å²) < 4.78 is 0. The highest BCUT2D eigenvalue weighted by Gasteiger charge is 2.29. The summed E-state index contributed by atoms with van der Waals surface area (Å²) in [5.74, 6) is 0.702. The van der Waals surface area contributed by atoms with Crippen LogP contribution in [0.2, 0.25) is 5.28 Å². The molecule has 1 N–H and O–H groups in total. The van der Waals surface area contributed by atoms with Gasteiger partial charge in [-0.1, -0.05) is 0 Å². The number of rotatable bonds is 2.